The maximum absolute atomic E-state index is 5.79. The summed E-state index contributed by atoms with van der Waals surface area (Å²) in [5.74, 6) is 0. The van der Waals surface area contributed by atoms with Crippen LogP contribution in [0.15, 0.2) is 0 Å². The van der Waals surface area contributed by atoms with Crippen LogP contribution in [0.5, 0.6) is 0 Å². The Morgan fingerprint density at radius 2 is 1.83 bits per heavy atom. The lowest BCUT2D eigenvalue weighted by molar-refractivity contribution is 0.378. The second-order valence-electron chi connectivity index (χ2n) is 3.94. The largest absolute Gasteiger partial charge is 0.412 e. The van der Waals surface area contributed by atoms with Crippen molar-refractivity contribution in [3.8, 4) is 0 Å². The first kappa shape index (κ1) is 12.2. The summed E-state index contributed by atoms with van der Waals surface area (Å²) >= 11 is 0. The molecule has 0 unspecified atom stereocenters. The van der Waals surface area contributed by atoms with Crippen molar-refractivity contribution >= 4 is 8.32 Å². The molecule has 0 amide bonds. The predicted molar refractivity (Wildman–Crippen MR) is 57.5 cm³/mol. The lowest BCUT2D eigenvalue weighted by Crippen LogP contribution is -2.28. The second-order valence-corrected chi connectivity index (χ2v) is 8.19. The van der Waals surface area contributed by atoms with Gasteiger partial charge >= 0.3 is 0 Å². The topological polar surface area (TPSA) is 9.23 Å². The van der Waals surface area contributed by atoms with Gasteiger partial charge in [-0.05, 0) is 25.6 Å². The Bertz CT molecular complexity index is 102. The van der Waals surface area contributed by atoms with Crippen molar-refractivity contribution in [2.24, 2.45) is 0 Å². The Morgan fingerprint density at radius 3 is 2.33 bits per heavy atom. The molecule has 12 heavy (non-hydrogen) atoms. The molecular weight excluding hydrogens is 164 g/mol. The molecule has 0 aromatic carbocycles. The van der Waals surface area contributed by atoms with Gasteiger partial charge in [-0.15, -0.1) is 0 Å². The van der Waals surface area contributed by atoms with Crippen LogP contribution in [-0.2, 0) is 4.43 Å². The van der Waals surface area contributed by atoms with Crippen LogP contribution in [0.25, 0.3) is 0 Å². The third-order valence-electron chi connectivity index (χ3n) is 1.94. The number of rotatable bonds is 7. The van der Waals surface area contributed by atoms with Gasteiger partial charge in [0.15, 0.2) is 8.32 Å². The first-order valence-electron chi connectivity index (χ1n) is 5.12. The summed E-state index contributed by atoms with van der Waals surface area (Å²) in [5.41, 5.74) is 0. The highest BCUT2D eigenvalue weighted by molar-refractivity contribution is 6.71. The molecule has 0 N–H and O–H groups in total. The van der Waals surface area contributed by atoms with Crippen molar-refractivity contribution in [3.63, 3.8) is 0 Å². The highest BCUT2D eigenvalue weighted by Gasteiger charge is 2.20. The minimum atomic E-state index is -1.32. The van der Waals surface area contributed by atoms with Gasteiger partial charge < -0.3 is 4.43 Å². The number of hydrogen-bond acceptors (Lipinski definition) is 1. The van der Waals surface area contributed by atoms with Crippen molar-refractivity contribution in [2.75, 3.05) is 0 Å². The molecule has 0 aliphatic carbocycles. The maximum Gasteiger partial charge on any atom is 0.187 e. The van der Waals surface area contributed by atoms with E-state index >= 15 is 0 Å². The SMILES string of the molecule is CCC[CH]O[Si](C)(C)CCCC. The summed E-state index contributed by atoms with van der Waals surface area (Å²) in [7, 11) is -1.32. The molecule has 0 aromatic heterocycles. The minimum absolute atomic E-state index is 1.10. The Morgan fingerprint density at radius 1 is 1.17 bits per heavy atom. The quantitative estimate of drug-likeness (QED) is 0.433. The molecule has 73 valence electrons. The minimum Gasteiger partial charge on any atom is -0.412 e. The van der Waals surface area contributed by atoms with Gasteiger partial charge in [-0.3, -0.25) is 0 Å². The fourth-order valence-corrected chi connectivity index (χ4v) is 2.96. The van der Waals surface area contributed by atoms with Crippen molar-refractivity contribution in [1.29, 1.82) is 0 Å². The van der Waals surface area contributed by atoms with Gasteiger partial charge in [0.25, 0.3) is 0 Å². The van der Waals surface area contributed by atoms with Crippen LogP contribution in [0.3, 0.4) is 0 Å². The third kappa shape index (κ3) is 6.86. The molecule has 0 fully saturated rings. The van der Waals surface area contributed by atoms with Gasteiger partial charge in [-0.1, -0.05) is 33.1 Å². The van der Waals surface area contributed by atoms with Crippen LogP contribution in [0, 0.1) is 6.61 Å². The van der Waals surface area contributed by atoms with Gasteiger partial charge in [0, 0.05) is 0 Å². The van der Waals surface area contributed by atoms with Crippen molar-refractivity contribution in [2.45, 2.75) is 58.7 Å². The molecule has 0 atom stereocenters. The van der Waals surface area contributed by atoms with Crippen molar-refractivity contribution in [3.05, 3.63) is 6.61 Å². The zero-order valence-corrected chi connectivity index (χ0v) is 10.0. The van der Waals surface area contributed by atoms with E-state index in [1.807, 2.05) is 6.61 Å². The molecule has 0 aromatic rings. The summed E-state index contributed by atoms with van der Waals surface area (Å²) in [4.78, 5) is 0. The standard InChI is InChI=1S/C10H23OSi/c1-5-7-9-11-12(3,4)10-8-6-2/h9H,5-8,10H2,1-4H3. The first-order valence-corrected chi connectivity index (χ1v) is 8.23. The van der Waals surface area contributed by atoms with E-state index < -0.39 is 8.32 Å². The average molecular weight is 187 g/mol. The summed E-state index contributed by atoms with van der Waals surface area (Å²) < 4.78 is 5.79. The van der Waals surface area contributed by atoms with Crippen LogP contribution in [-0.4, -0.2) is 8.32 Å². The molecule has 0 rings (SSSR count). The lowest BCUT2D eigenvalue weighted by Gasteiger charge is -2.21. The summed E-state index contributed by atoms with van der Waals surface area (Å²) in [6, 6.07) is 1.30. The molecule has 0 aliphatic heterocycles. The maximum atomic E-state index is 5.79. The van der Waals surface area contributed by atoms with Gasteiger partial charge in [-0.2, -0.15) is 0 Å². The third-order valence-corrected chi connectivity index (χ3v) is 4.30. The zero-order valence-electron chi connectivity index (χ0n) is 9.02. The van der Waals surface area contributed by atoms with E-state index in [2.05, 4.69) is 26.9 Å². The fourth-order valence-electron chi connectivity index (χ4n) is 1.06. The Kier molecular flexibility index (Phi) is 6.77. The normalized spacial score (nSPS) is 12.0. The van der Waals surface area contributed by atoms with Gasteiger partial charge in [-0.25, -0.2) is 0 Å². The molecule has 1 radical (unpaired) electrons. The Balaban J connectivity index is 3.42. The number of unbranched alkanes of at least 4 members (excludes halogenated alkanes) is 2. The fraction of sp³-hybridized carbons (Fsp3) is 0.900. The Hall–Kier alpha value is 0.177. The highest BCUT2D eigenvalue weighted by atomic mass is 28.4. The molecular formula is C10H23OSi. The van der Waals surface area contributed by atoms with E-state index in [-0.39, 0.29) is 0 Å². The van der Waals surface area contributed by atoms with Crippen LogP contribution >= 0.6 is 0 Å². The van der Waals surface area contributed by atoms with Crippen LogP contribution in [0.4, 0.5) is 0 Å². The first-order chi connectivity index (χ1) is 5.62. The van der Waals surface area contributed by atoms with E-state index in [1.165, 1.54) is 25.3 Å². The van der Waals surface area contributed by atoms with Gasteiger partial charge in [0.1, 0.15) is 0 Å². The predicted octanol–water partition coefficient (Wildman–Crippen LogP) is 3.97. The molecule has 0 bridgehead atoms. The molecule has 0 heterocycles. The van der Waals surface area contributed by atoms with Crippen molar-refractivity contribution in [1.82, 2.24) is 0 Å². The summed E-state index contributed by atoms with van der Waals surface area (Å²) in [6.07, 6.45) is 4.90. The van der Waals surface area contributed by atoms with E-state index in [1.54, 1.807) is 0 Å². The second kappa shape index (κ2) is 6.67. The Labute approximate surface area is 78.6 Å². The van der Waals surface area contributed by atoms with Crippen molar-refractivity contribution < 1.29 is 4.43 Å². The van der Waals surface area contributed by atoms with E-state index in [9.17, 15) is 0 Å². The lowest BCUT2D eigenvalue weighted by atomic mass is 10.4. The smallest absolute Gasteiger partial charge is 0.187 e. The van der Waals surface area contributed by atoms with E-state index in [4.69, 9.17) is 4.43 Å². The molecule has 1 nitrogen and oxygen atoms in total. The monoisotopic (exact) mass is 187 g/mol. The van der Waals surface area contributed by atoms with Gasteiger partial charge in [0.05, 0.1) is 6.61 Å². The highest BCUT2D eigenvalue weighted by Crippen LogP contribution is 2.16. The number of hydrogen-bond donors (Lipinski definition) is 0. The van der Waals surface area contributed by atoms with E-state index in [0.29, 0.717) is 0 Å². The molecule has 0 aliphatic rings. The van der Waals surface area contributed by atoms with Crippen LogP contribution in [0.1, 0.15) is 39.5 Å². The molecule has 0 spiro atoms. The average Bonchev–Trinajstić information content (AvgIpc) is 2.01. The zero-order chi connectivity index (χ0) is 9.45. The van der Waals surface area contributed by atoms with E-state index in [0.717, 1.165) is 6.42 Å². The summed E-state index contributed by atoms with van der Waals surface area (Å²) in [6.45, 7) is 11.0. The van der Waals surface area contributed by atoms with Crippen LogP contribution in [0.2, 0.25) is 19.1 Å². The van der Waals surface area contributed by atoms with Gasteiger partial charge in [0.2, 0.25) is 0 Å². The molecule has 0 saturated heterocycles. The summed E-state index contributed by atoms with van der Waals surface area (Å²) in [5, 5.41) is 0. The van der Waals surface area contributed by atoms with Crippen LogP contribution < -0.4 is 0 Å². The molecule has 0 saturated carbocycles. The molecule has 2 heteroatoms.